The first-order valence-corrected chi connectivity index (χ1v) is 11.6. The second kappa shape index (κ2) is 6.76. The van der Waals surface area contributed by atoms with Crippen LogP contribution in [0.2, 0.25) is 0 Å². The van der Waals surface area contributed by atoms with E-state index >= 15 is 0 Å². The molecule has 0 amide bonds. The Hall–Kier alpha value is -2.49. The van der Waals surface area contributed by atoms with E-state index in [9.17, 15) is 4.79 Å². The van der Waals surface area contributed by atoms with E-state index in [4.69, 9.17) is 0 Å². The number of fused-ring (bicyclic) bond motifs is 3. The van der Waals surface area contributed by atoms with Gasteiger partial charge in [-0.05, 0) is 75.0 Å². The SMILES string of the molecule is O=c1ccc2cccc3c2-c1c1c3=C(c2cccc(Br)c2)CC1c1cccc(Br)c1. The lowest BCUT2D eigenvalue weighted by molar-refractivity contribution is 0.870. The van der Waals surface area contributed by atoms with Crippen molar-refractivity contribution in [1.29, 1.82) is 0 Å². The summed E-state index contributed by atoms with van der Waals surface area (Å²) in [5.74, 6) is 0.164. The van der Waals surface area contributed by atoms with Crippen molar-refractivity contribution in [2.45, 2.75) is 12.3 Å². The monoisotopic (exact) mass is 514 g/mol. The summed E-state index contributed by atoms with van der Waals surface area (Å²) in [5.41, 5.74) is 7.10. The molecule has 3 aliphatic carbocycles. The topological polar surface area (TPSA) is 17.1 Å². The lowest BCUT2D eigenvalue weighted by Gasteiger charge is -2.16. The van der Waals surface area contributed by atoms with Crippen LogP contribution in [0, 0.1) is 0 Å². The van der Waals surface area contributed by atoms with Crippen LogP contribution >= 0.6 is 31.9 Å². The van der Waals surface area contributed by atoms with Gasteiger partial charge in [0.15, 0.2) is 5.43 Å². The molecular weight excluding hydrogens is 500 g/mol. The number of benzene rings is 4. The number of rotatable bonds is 2. The molecule has 0 N–H and O–H groups in total. The van der Waals surface area contributed by atoms with Gasteiger partial charge in [-0.15, -0.1) is 0 Å². The molecule has 0 aromatic heterocycles. The summed E-state index contributed by atoms with van der Waals surface area (Å²) in [6.45, 7) is 0. The molecule has 1 atom stereocenters. The highest BCUT2D eigenvalue weighted by atomic mass is 79.9. The Bertz CT molecular complexity index is 1520. The minimum Gasteiger partial charge on any atom is -0.289 e. The van der Waals surface area contributed by atoms with Crippen molar-refractivity contribution in [3.8, 4) is 11.1 Å². The zero-order valence-corrected chi connectivity index (χ0v) is 19.1. The van der Waals surface area contributed by atoms with Crippen LogP contribution in [0.3, 0.4) is 0 Å². The first kappa shape index (κ1) is 18.3. The largest absolute Gasteiger partial charge is 0.289 e. The summed E-state index contributed by atoms with van der Waals surface area (Å²) in [4.78, 5) is 13.1. The van der Waals surface area contributed by atoms with Crippen LogP contribution in [0.15, 0.2) is 92.6 Å². The summed E-state index contributed by atoms with van der Waals surface area (Å²) in [6, 6.07) is 27.1. The van der Waals surface area contributed by atoms with Crippen LogP contribution in [-0.2, 0) is 0 Å². The molecule has 0 bridgehead atoms. The van der Waals surface area contributed by atoms with Gasteiger partial charge < -0.3 is 0 Å². The van der Waals surface area contributed by atoms with Crippen molar-refractivity contribution in [3.63, 3.8) is 0 Å². The highest BCUT2D eigenvalue weighted by Gasteiger charge is 2.34. The molecule has 0 spiro atoms. The molecule has 0 radical (unpaired) electrons. The van der Waals surface area contributed by atoms with Crippen molar-refractivity contribution in [2.75, 3.05) is 0 Å². The minimum absolute atomic E-state index is 0.121. The number of halogens is 2. The Kier molecular flexibility index (Phi) is 4.12. The van der Waals surface area contributed by atoms with Gasteiger partial charge in [0.2, 0.25) is 0 Å². The third kappa shape index (κ3) is 2.62. The van der Waals surface area contributed by atoms with Crippen molar-refractivity contribution in [3.05, 3.63) is 120 Å². The summed E-state index contributed by atoms with van der Waals surface area (Å²) in [6.07, 6.45) is 0.891. The van der Waals surface area contributed by atoms with E-state index in [0.29, 0.717) is 0 Å². The van der Waals surface area contributed by atoms with Crippen LogP contribution in [-0.4, -0.2) is 0 Å². The number of hydrogen-bond acceptors (Lipinski definition) is 1. The molecule has 3 aromatic carbocycles. The molecule has 6 rings (SSSR count). The van der Waals surface area contributed by atoms with Crippen LogP contribution in [0.5, 0.6) is 0 Å². The van der Waals surface area contributed by atoms with E-state index in [2.05, 4.69) is 98.6 Å². The maximum absolute atomic E-state index is 13.1. The molecule has 30 heavy (non-hydrogen) atoms. The first-order chi connectivity index (χ1) is 14.6. The third-order valence-electron chi connectivity index (χ3n) is 6.30. The summed E-state index contributed by atoms with van der Waals surface area (Å²) >= 11 is 7.27. The molecule has 1 nitrogen and oxygen atoms in total. The van der Waals surface area contributed by atoms with Crippen molar-refractivity contribution < 1.29 is 0 Å². The normalized spacial score (nSPS) is 15.9. The molecule has 3 aliphatic rings. The quantitative estimate of drug-likeness (QED) is 0.255. The number of hydrogen-bond donors (Lipinski definition) is 0. The fourth-order valence-corrected chi connectivity index (χ4v) is 5.95. The Morgan fingerprint density at radius 1 is 0.767 bits per heavy atom. The highest BCUT2D eigenvalue weighted by molar-refractivity contribution is 9.10. The third-order valence-corrected chi connectivity index (χ3v) is 7.28. The molecular formula is C27H16Br2O. The molecule has 0 fully saturated rings. The van der Waals surface area contributed by atoms with Gasteiger partial charge in [0.25, 0.3) is 0 Å². The van der Waals surface area contributed by atoms with E-state index in [0.717, 1.165) is 31.9 Å². The van der Waals surface area contributed by atoms with Gasteiger partial charge >= 0.3 is 0 Å². The standard InChI is InChI=1S/C27H16Br2O/c28-18-7-1-5-16(12-18)21-14-22(17-6-2-8-19(29)13-17)26-25(21)20-9-3-4-15-10-11-23(30)27(26)24(15)20/h1-13,22H,14H2. The average Bonchev–Trinajstić information content (AvgIpc) is 3.29. The zero-order chi connectivity index (χ0) is 20.4. The predicted molar refractivity (Wildman–Crippen MR) is 130 cm³/mol. The fourth-order valence-electron chi connectivity index (χ4n) is 5.13. The smallest absolute Gasteiger partial charge is 0.186 e. The fraction of sp³-hybridized carbons (Fsp3) is 0.0741. The Labute approximate surface area is 191 Å². The summed E-state index contributed by atoms with van der Waals surface area (Å²) in [7, 11) is 0. The lowest BCUT2D eigenvalue weighted by Crippen LogP contribution is -2.10. The lowest BCUT2D eigenvalue weighted by atomic mass is 9.87. The van der Waals surface area contributed by atoms with Gasteiger partial charge in [-0.1, -0.05) is 80.4 Å². The van der Waals surface area contributed by atoms with Gasteiger partial charge in [-0.25, -0.2) is 0 Å². The Morgan fingerprint density at radius 2 is 1.53 bits per heavy atom. The highest BCUT2D eigenvalue weighted by Crippen LogP contribution is 2.46. The minimum atomic E-state index is 0.121. The predicted octanol–water partition coefficient (Wildman–Crippen LogP) is 6.72. The second-order valence-electron chi connectivity index (χ2n) is 7.93. The van der Waals surface area contributed by atoms with Crippen LogP contribution in [0.4, 0.5) is 0 Å². The van der Waals surface area contributed by atoms with E-state index in [1.54, 1.807) is 6.07 Å². The molecule has 1 unspecified atom stereocenters. The van der Waals surface area contributed by atoms with Crippen LogP contribution < -0.4 is 10.6 Å². The van der Waals surface area contributed by atoms with E-state index in [1.165, 1.54) is 32.9 Å². The van der Waals surface area contributed by atoms with E-state index in [1.807, 2.05) is 6.07 Å². The van der Waals surface area contributed by atoms with Gasteiger partial charge in [0, 0.05) is 26.0 Å². The molecule has 0 saturated heterocycles. The van der Waals surface area contributed by atoms with Crippen LogP contribution in [0.1, 0.15) is 29.0 Å². The summed E-state index contributed by atoms with van der Waals surface area (Å²) in [5, 5.41) is 3.59. The van der Waals surface area contributed by atoms with Gasteiger partial charge in [-0.3, -0.25) is 4.79 Å². The van der Waals surface area contributed by atoms with Crippen molar-refractivity contribution in [1.82, 2.24) is 0 Å². The van der Waals surface area contributed by atoms with Gasteiger partial charge in [0.1, 0.15) is 0 Å². The molecule has 3 heteroatoms. The first-order valence-electron chi connectivity index (χ1n) is 9.97. The van der Waals surface area contributed by atoms with Crippen LogP contribution in [0.25, 0.3) is 27.5 Å². The molecule has 3 aromatic rings. The summed E-state index contributed by atoms with van der Waals surface area (Å²) < 4.78 is 2.13. The molecule has 144 valence electrons. The molecule has 0 aliphatic heterocycles. The van der Waals surface area contributed by atoms with Gasteiger partial charge in [0.05, 0.1) is 0 Å². The molecule has 0 heterocycles. The molecule has 0 saturated carbocycles. The van der Waals surface area contributed by atoms with Crippen molar-refractivity contribution in [2.24, 2.45) is 0 Å². The maximum atomic E-state index is 13.1. The second-order valence-corrected chi connectivity index (χ2v) is 9.76. The Balaban J connectivity index is 1.78. The maximum Gasteiger partial charge on any atom is 0.186 e. The average molecular weight is 516 g/mol. The zero-order valence-electron chi connectivity index (χ0n) is 16.0. The van der Waals surface area contributed by atoms with E-state index in [-0.39, 0.29) is 11.3 Å². The van der Waals surface area contributed by atoms with Gasteiger partial charge in [-0.2, -0.15) is 0 Å². The van der Waals surface area contributed by atoms with Crippen molar-refractivity contribution >= 4 is 48.2 Å². The Morgan fingerprint density at radius 3 is 2.33 bits per heavy atom. The van der Waals surface area contributed by atoms with E-state index < -0.39 is 0 Å².